The number of nitrogens with two attached hydrogens (primary N) is 1. The topological polar surface area (TPSA) is 44.5 Å². The summed E-state index contributed by atoms with van der Waals surface area (Å²) in [5.74, 6) is 0.584. The van der Waals surface area contributed by atoms with Crippen molar-refractivity contribution >= 4 is 0 Å². The van der Waals surface area contributed by atoms with Crippen molar-refractivity contribution in [3.63, 3.8) is 0 Å². The molecule has 3 heteroatoms. The first kappa shape index (κ1) is 9.96. The lowest BCUT2D eigenvalue weighted by Gasteiger charge is -2.21. The van der Waals surface area contributed by atoms with Gasteiger partial charge in [0.1, 0.15) is 0 Å². The first-order valence-corrected chi connectivity index (χ1v) is 4.70. The van der Waals surface area contributed by atoms with Crippen molar-refractivity contribution in [3.8, 4) is 0 Å². The molecule has 0 aromatic carbocycles. The van der Waals surface area contributed by atoms with Gasteiger partial charge in [0.15, 0.2) is 0 Å². The average molecular weight is 173 g/mol. The fourth-order valence-corrected chi connectivity index (χ4v) is 1.61. The Hall–Kier alpha value is -0.120. The third-order valence-electron chi connectivity index (χ3n) is 2.38. The number of hydrogen-bond donors (Lipinski definition) is 1. The number of ether oxygens (including phenoxy) is 2. The van der Waals surface area contributed by atoms with E-state index < -0.39 is 0 Å². The quantitative estimate of drug-likeness (QED) is 0.683. The van der Waals surface area contributed by atoms with Gasteiger partial charge < -0.3 is 15.2 Å². The minimum atomic E-state index is 0.0439. The predicted octanol–water partition coefficient (Wildman–Crippen LogP) is 0.775. The molecule has 1 fully saturated rings. The summed E-state index contributed by atoms with van der Waals surface area (Å²) >= 11 is 0. The van der Waals surface area contributed by atoms with Gasteiger partial charge in [-0.25, -0.2) is 0 Å². The lowest BCUT2D eigenvalue weighted by Crippen LogP contribution is -2.41. The summed E-state index contributed by atoms with van der Waals surface area (Å²) in [7, 11) is 0. The standard InChI is InChI=1S/C9H19NO2/c1-3-11-6-8(10)9-7(2)4-5-12-9/h7-9H,3-6,10H2,1-2H3. The molecule has 72 valence electrons. The van der Waals surface area contributed by atoms with Crippen molar-refractivity contribution in [2.45, 2.75) is 32.4 Å². The van der Waals surface area contributed by atoms with Gasteiger partial charge in [-0.2, -0.15) is 0 Å². The molecule has 3 atom stereocenters. The van der Waals surface area contributed by atoms with Crippen molar-refractivity contribution < 1.29 is 9.47 Å². The van der Waals surface area contributed by atoms with Crippen LogP contribution in [0.15, 0.2) is 0 Å². The van der Waals surface area contributed by atoms with Crippen LogP contribution in [0, 0.1) is 5.92 Å². The molecule has 1 aliphatic rings. The van der Waals surface area contributed by atoms with Crippen LogP contribution in [0.4, 0.5) is 0 Å². The largest absolute Gasteiger partial charge is 0.380 e. The highest BCUT2D eigenvalue weighted by Gasteiger charge is 2.29. The second-order valence-corrected chi connectivity index (χ2v) is 3.42. The number of hydrogen-bond acceptors (Lipinski definition) is 3. The molecule has 0 saturated carbocycles. The molecule has 0 spiro atoms. The van der Waals surface area contributed by atoms with Crippen molar-refractivity contribution in [3.05, 3.63) is 0 Å². The van der Waals surface area contributed by atoms with Gasteiger partial charge in [0.2, 0.25) is 0 Å². The van der Waals surface area contributed by atoms with Crippen LogP contribution >= 0.6 is 0 Å². The summed E-state index contributed by atoms with van der Waals surface area (Å²) in [5, 5.41) is 0. The monoisotopic (exact) mass is 173 g/mol. The van der Waals surface area contributed by atoms with Crippen LogP contribution < -0.4 is 5.73 Å². The molecule has 12 heavy (non-hydrogen) atoms. The lowest BCUT2D eigenvalue weighted by molar-refractivity contribution is 0.0326. The zero-order valence-electron chi connectivity index (χ0n) is 7.95. The Morgan fingerprint density at radius 2 is 2.42 bits per heavy atom. The lowest BCUT2D eigenvalue weighted by atomic mass is 9.99. The van der Waals surface area contributed by atoms with E-state index in [9.17, 15) is 0 Å². The second kappa shape index (κ2) is 4.80. The zero-order chi connectivity index (χ0) is 8.97. The first-order chi connectivity index (χ1) is 5.75. The molecule has 0 bridgehead atoms. The summed E-state index contributed by atoms with van der Waals surface area (Å²) in [5.41, 5.74) is 5.91. The maximum atomic E-state index is 5.91. The second-order valence-electron chi connectivity index (χ2n) is 3.42. The van der Waals surface area contributed by atoms with E-state index in [2.05, 4.69) is 6.92 Å². The van der Waals surface area contributed by atoms with Crippen LogP contribution in [0.3, 0.4) is 0 Å². The van der Waals surface area contributed by atoms with E-state index in [4.69, 9.17) is 15.2 Å². The molecule has 1 aliphatic heterocycles. The molecule has 1 saturated heterocycles. The van der Waals surface area contributed by atoms with E-state index in [-0.39, 0.29) is 12.1 Å². The van der Waals surface area contributed by atoms with Crippen molar-refractivity contribution in [2.75, 3.05) is 19.8 Å². The third kappa shape index (κ3) is 2.44. The molecule has 0 aliphatic carbocycles. The van der Waals surface area contributed by atoms with Gasteiger partial charge in [0, 0.05) is 13.2 Å². The Kier molecular flexibility index (Phi) is 3.98. The summed E-state index contributed by atoms with van der Waals surface area (Å²) in [6.45, 7) is 6.36. The highest BCUT2D eigenvalue weighted by molar-refractivity contribution is 4.82. The third-order valence-corrected chi connectivity index (χ3v) is 2.38. The van der Waals surface area contributed by atoms with Crippen LogP contribution in [-0.2, 0) is 9.47 Å². The van der Waals surface area contributed by atoms with Gasteiger partial charge in [-0.15, -0.1) is 0 Å². The highest BCUT2D eigenvalue weighted by Crippen LogP contribution is 2.21. The van der Waals surface area contributed by atoms with Gasteiger partial charge in [-0.3, -0.25) is 0 Å². The molecular weight excluding hydrogens is 154 g/mol. The Morgan fingerprint density at radius 3 is 2.92 bits per heavy atom. The van der Waals surface area contributed by atoms with Crippen molar-refractivity contribution in [1.82, 2.24) is 0 Å². The fraction of sp³-hybridized carbons (Fsp3) is 1.00. The van der Waals surface area contributed by atoms with E-state index in [1.54, 1.807) is 0 Å². The Balaban J connectivity index is 2.25. The maximum Gasteiger partial charge on any atom is 0.0774 e. The molecule has 3 unspecified atom stereocenters. The van der Waals surface area contributed by atoms with Gasteiger partial charge >= 0.3 is 0 Å². The minimum Gasteiger partial charge on any atom is -0.380 e. The molecule has 0 aromatic rings. The summed E-state index contributed by atoms with van der Waals surface area (Å²) in [4.78, 5) is 0. The molecule has 1 rings (SSSR count). The zero-order valence-corrected chi connectivity index (χ0v) is 7.95. The molecule has 0 aromatic heterocycles. The Bertz CT molecular complexity index is 130. The summed E-state index contributed by atoms with van der Waals surface area (Å²) in [6, 6.07) is 0.0439. The van der Waals surface area contributed by atoms with E-state index in [0.29, 0.717) is 12.5 Å². The molecule has 1 heterocycles. The van der Waals surface area contributed by atoms with E-state index in [1.807, 2.05) is 6.92 Å². The van der Waals surface area contributed by atoms with Crippen LogP contribution in [0.5, 0.6) is 0 Å². The predicted molar refractivity (Wildman–Crippen MR) is 48.0 cm³/mol. The SMILES string of the molecule is CCOCC(N)C1OCCC1C. The van der Waals surface area contributed by atoms with Crippen molar-refractivity contribution in [2.24, 2.45) is 11.7 Å². The highest BCUT2D eigenvalue weighted by atomic mass is 16.5. The molecule has 0 radical (unpaired) electrons. The molecule has 0 amide bonds. The fourth-order valence-electron chi connectivity index (χ4n) is 1.61. The van der Waals surface area contributed by atoms with E-state index in [0.717, 1.165) is 19.6 Å². The van der Waals surface area contributed by atoms with E-state index >= 15 is 0 Å². The van der Waals surface area contributed by atoms with Crippen LogP contribution in [-0.4, -0.2) is 32.0 Å². The van der Waals surface area contributed by atoms with Crippen LogP contribution in [0.25, 0.3) is 0 Å². The van der Waals surface area contributed by atoms with Gasteiger partial charge in [-0.1, -0.05) is 6.92 Å². The van der Waals surface area contributed by atoms with Gasteiger partial charge in [0.25, 0.3) is 0 Å². The normalized spacial score (nSPS) is 32.2. The van der Waals surface area contributed by atoms with E-state index in [1.165, 1.54) is 0 Å². The Labute approximate surface area is 74.2 Å². The number of rotatable bonds is 4. The van der Waals surface area contributed by atoms with Gasteiger partial charge in [0.05, 0.1) is 18.8 Å². The first-order valence-electron chi connectivity index (χ1n) is 4.70. The average Bonchev–Trinajstić information content (AvgIpc) is 2.47. The van der Waals surface area contributed by atoms with Crippen molar-refractivity contribution in [1.29, 1.82) is 0 Å². The smallest absolute Gasteiger partial charge is 0.0774 e. The minimum absolute atomic E-state index is 0.0439. The molecule has 2 N–H and O–H groups in total. The van der Waals surface area contributed by atoms with Crippen LogP contribution in [0.2, 0.25) is 0 Å². The van der Waals surface area contributed by atoms with Gasteiger partial charge in [-0.05, 0) is 19.3 Å². The summed E-state index contributed by atoms with van der Waals surface area (Å²) in [6.07, 6.45) is 1.33. The molecule has 3 nitrogen and oxygen atoms in total. The maximum absolute atomic E-state index is 5.91. The Morgan fingerprint density at radius 1 is 1.67 bits per heavy atom. The molecular formula is C9H19NO2. The summed E-state index contributed by atoms with van der Waals surface area (Å²) < 4.78 is 10.8. The van der Waals surface area contributed by atoms with Crippen LogP contribution in [0.1, 0.15) is 20.3 Å².